The topological polar surface area (TPSA) is 74.3 Å². The van der Waals surface area contributed by atoms with Crippen molar-refractivity contribution in [3.63, 3.8) is 0 Å². The van der Waals surface area contributed by atoms with Crippen molar-refractivity contribution in [1.82, 2.24) is 9.78 Å². The van der Waals surface area contributed by atoms with Crippen molar-refractivity contribution in [2.24, 2.45) is 0 Å². The number of hydrogen-bond donors (Lipinski definition) is 0. The van der Waals surface area contributed by atoms with E-state index in [4.69, 9.17) is 32.4 Å². The highest BCUT2D eigenvalue weighted by Gasteiger charge is 2.24. The molecule has 2 aromatic rings. The van der Waals surface area contributed by atoms with E-state index in [0.717, 1.165) is 4.68 Å². The molecule has 0 fully saturated rings. The summed E-state index contributed by atoms with van der Waals surface area (Å²) in [6.45, 7) is 7.45. The van der Waals surface area contributed by atoms with Crippen molar-refractivity contribution in [1.29, 1.82) is 0 Å². The van der Waals surface area contributed by atoms with Crippen LogP contribution < -0.4 is 5.76 Å². The molecule has 2 rings (SSSR count). The lowest BCUT2D eigenvalue weighted by Crippen LogP contribution is -2.16. The van der Waals surface area contributed by atoms with Gasteiger partial charge in [0, 0.05) is 5.41 Å². The molecule has 1 aromatic carbocycles. The highest BCUT2D eigenvalue weighted by atomic mass is 35.5. The molecule has 0 aliphatic carbocycles. The van der Waals surface area contributed by atoms with Crippen LogP contribution in [0, 0.1) is 0 Å². The van der Waals surface area contributed by atoms with Crippen molar-refractivity contribution in [2.75, 3.05) is 6.61 Å². The summed E-state index contributed by atoms with van der Waals surface area (Å²) in [6, 6.07) is 2.72. The smallest absolute Gasteiger partial charge is 0.442 e. The van der Waals surface area contributed by atoms with Crippen LogP contribution in [0.1, 0.15) is 43.9 Å². The van der Waals surface area contributed by atoms with Gasteiger partial charge in [-0.15, -0.1) is 5.10 Å². The predicted molar refractivity (Wildman–Crippen MR) is 86.8 cm³/mol. The Morgan fingerprint density at radius 1 is 1.30 bits per heavy atom. The summed E-state index contributed by atoms with van der Waals surface area (Å²) in [6.07, 6.45) is 0. The summed E-state index contributed by atoms with van der Waals surface area (Å²) in [5.74, 6) is -1.05. The number of carbonyl (C=O) groups excluding carboxylic acids is 1. The normalized spacial score (nSPS) is 11.6. The lowest BCUT2D eigenvalue weighted by Gasteiger charge is -2.11. The average molecular weight is 359 g/mol. The summed E-state index contributed by atoms with van der Waals surface area (Å²) in [7, 11) is 0. The molecule has 23 heavy (non-hydrogen) atoms. The van der Waals surface area contributed by atoms with E-state index in [1.807, 2.05) is 20.8 Å². The van der Waals surface area contributed by atoms with Gasteiger partial charge in [-0.3, -0.25) is 0 Å². The second kappa shape index (κ2) is 6.37. The maximum absolute atomic E-state index is 12.1. The van der Waals surface area contributed by atoms with Crippen LogP contribution in [0.3, 0.4) is 0 Å². The van der Waals surface area contributed by atoms with Gasteiger partial charge in [0.15, 0.2) is 0 Å². The standard InChI is InChI=1S/C15H16Cl2N2O4/c1-5-22-12(20)8-6-11(10(17)7-9(8)16)19-14(21)23-13(18-19)15(2,3)4/h6-7H,5H2,1-4H3. The van der Waals surface area contributed by atoms with E-state index in [2.05, 4.69) is 5.10 Å². The van der Waals surface area contributed by atoms with Crippen LogP contribution in [0.2, 0.25) is 10.0 Å². The minimum absolute atomic E-state index is 0.0973. The van der Waals surface area contributed by atoms with E-state index in [1.165, 1.54) is 12.1 Å². The number of nitrogens with zero attached hydrogens (tertiary/aromatic N) is 2. The zero-order chi connectivity index (χ0) is 17.4. The molecule has 0 unspecified atom stereocenters. The molecule has 0 saturated heterocycles. The fourth-order valence-corrected chi connectivity index (χ4v) is 2.34. The van der Waals surface area contributed by atoms with E-state index in [1.54, 1.807) is 6.92 Å². The van der Waals surface area contributed by atoms with Crippen LogP contribution in [0.25, 0.3) is 5.69 Å². The number of carbonyl (C=O) groups is 1. The second-order valence-corrected chi connectivity index (χ2v) is 6.65. The van der Waals surface area contributed by atoms with Gasteiger partial charge in [-0.05, 0) is 19.1 Å². The van der Waals surface area contributed by atoms with Crippen molar-refractivity contribution < 1.29 is 13.9 Å². The van der Waals surface area contributed by atoms with Gasteiger partial charge in [-0.2, -0.15) is 4.68 Å². The van der Waals surface area contributed by atoms with E-state index in [-0.39, 0.29) is 33.8 Å². The van der Waals surface area contributed by atoms with Gasteiger partial charge < -0.3 is 9.15 Å². The fourth-order valence-electron chi connectivity index (χ4n) is 1.80. The van der Waals surface area contributed by atoms with E-state index in [0.29, 0.717) is 0 Å². The summed E-state index contributed by atoms with van der Waals surface area (Å²) < 4.78 is 11.1. The van der Waals surface area contributed by atoms with Crippen LogP contribution in [-0.4, -0.2) is 22.4 Å². The van der Waals surface area contributed by atoms with Crippen LogP contribution in [0.15, 0.2) is 21.3 Å². The number of hydrogen-bond acceptors (Lipinski definition) is 5. The minimum Gasteiger partial charge on any atom is -0.462 e. The SMILES string of the molecule is CCOC(=O)c1cc(-n2nc(C(C)(C)C)oc2=O)c(Cl)cc1Cl. The molecule has 0 aliphatic rings. The van der Waals surface area contributed by atoms with Crippen LogP contribution >= 0.6 is 23.2 Å². The molecule has 0 atom stereocenters. The molecule has 124 valence electrons. The molecular weight excluding hydrogens is 343 g/mol. The number of aromatic nitrogens is 2. The van der Waals surface area contributed by atoms with Gasteiger partial charge in [0.2, 0.25) is 5.89 Å². The molecule has 0 N–H and O–H groups in total. The number of esters is 1. The minimum atomic E-state index is -0.700. The number of benzene rings is 1. The largest absolute Gasteiger partial charge is 0.462 e. The summed E-state index contributed by atoms with van der Waals surface area (Å²) in [5, 5.41) is 4.44. The first-order chi connectivity index (χ1) is 10.6. The molecule has 0 bridgehead atoms. The maximum atomic E-state index is 12.1. The lowest BCUT2D eigenvalue weighted by atomic mass is 9.97. The third-order valence-electron chi connectivity index (χ3n) is 2.95. The van der Waals surface area contributed by atoms with Gasteiger partial charge in [-0.1, -0.05) is 44.0 Å². The Kier molecular flexibility index (Phi) is 4.87. The van der Waals surface area contributed by atoms with Crippen LogP contribution in [0.4, 0.5) is 0 Å². The summed E-state index contributed by atoms with van der Waals surface area (Å²) >= 11 is 12.2. The Morgan fingerprint density at radius 2 is 1.96 bits per heavy atom. The Balaban J connectivity index is 2.60. The quantitative estimate of drug-likeness (QED) is 0.783. The highest BCUT2D eigenvalue weighted by Crippen LogP contribution is 2.28. The van der Waals surface area contributed by atoms with Gasteiger partial charge in [0.1, 0.15) is 0 Å². The molecule has 0 amide bonds. The molecule has 0 spiro atoms. The van der Waals surface area contributed by atoms with Gasteiger partial charge in [0.25, 0.3) is 0 Å². The number of halogens is 2. The zero-order valence-electron chi connectivity index (χ0n) is 13.1. The third-order valence-corrected chi connectivity index (χ3v) is 3.56. The van der Waals surface area contributed by atoms with Crippen LogP contribution in [0.5, 0.6) is 0 Å². The van der Waals surface area contributed by atoms with Crippen molar-refractivity contribution in [3.05, 3.63) is 44.2 Å². The molecule has 6 nitrogen and oxygen atoms in total. The first-order valence-corrected chi connectivity index (χ1v) is 7.68. The van der Waals surface area contributed by atoms with Gasteiger partial charge >= 0.3 is 11.7 Å². The summed E-state index contributed by atoms with van der Waals surface area (Å²) in [4.78, 5) is 24.0. The van der Waals surface area contributed by atoms with Crippen molar-refractivity contribution >= 4 is 29.2 Å². The first-order valence-electron chi connectivity index (χ1n) is 6.92. The number of rotatable bonds is 3. The van der Waals surface area contributed by atoms with Gasteiger partial charge in [-0.25, -0.2) is 9.59 Å². The molecule has 8 heteroatoms. The Bertz CT molecular complexity index is 803. The molecule has 0 aliphatic heterocycles. The van der Waals surface area contributed by atoms with Crippen LogP contribution in [-0.2, 0) is 10.2 Å². The fraction of sp³-hybridized carbons (Fsp3) is 0.400. The molecule has 1 aromatic heterocycles. The van der Waals surface area contributed by atoms with Crippen molar-refractivity contribution in [2.45, 2.75) is 33.1 Å². The van der Waals surface area contributed by atoms with E-state index in [9.17, 15) is 9.59 Å². The average Bonchev–Trinajstić information content (AvgIpc) is 2.81. The Morgan fingerprint density at radius 3 is 2.48 bits per heavy atom. The number of ether oxygens (including phenoxy) is 1. The lowest BCUT2D eigenvalue weighted by molar-refractivity contribution is 0.0526. The van der Waals surface area contributed by atoms with E-state index >= 15 is 0 Å². The Labute approximate surface area is 142 Å². The Hall–Kier alpha value is -1.79. The maximum Gasteiger partial charge on any atom is 0.442 e. The molecule has 1 heterocycles. The first kappa shape index (κ1) is 17.6. The van der Waals surface area contributed by atoms with E-state index < -0.39 is 17.1 Å². The second-order valence-electron chi connectivity index (χ2n) is 5.84. The zero-order valence-corrected chi connectivity index (χ0v) is 14.7. The molecule has 0 radical (unpaired) electrons. The highest BCUT2D eigenvalue weighted by molar-refractivity contribution is 6.37. The predicted octanol–water partition coefficient (Wildman–Crippen LogP) is 3.61. The van der Waals surface area contributed by atoms with Crippen molar-refractivity contribution in [3.8, 4) is 5.69 Å². The monoisotopic (exact) mass is 358 g/mol. The molecule has 0 saturated carbocycles. The third kappa shape index (κ3) is 3.59. The summed E-state index contributed by atoms with van der Waals surface area (Å²) in [5.41, 5.74) is -0.156. The molecular formula is C15H16Cl2N2O4. The van der Waals surface area contributed by atoms with Gasteiger partial charge in [0.05, 0.1) is 27.9 Å².